The van der Waals surface area contributed by atoms with E-state index in [2.05, 4.69) is 17.3 Å². The number of nitrogens with one attached hydrogen (secondary N) is 1. The van der Waals surface area contributed by atoms with Gasteiger partial charge in [0.25, 0.3) is 0 Å². The summed E-state index contributed by atoms with van der Waals surface area (Å²) in [4.78, 5) is 0. The molecule has 1 aromatic heterocycles. The number of rotatable bonds is 2. The van der Waals surface area contributed by atoms with Crippen LogP contribution in [-0.2, 0) is 11.8 Å². The number of hydrogen-bond acceptors (Lipinski definition) is 3. The molecule has 0 aromatic carbocycles. The molecule has 0 bridgehead atoms. The van der Waals surface area contributed by atoms with E-state index in [1.807, 2.05) is 18.7 Å². The maximum absolute atomic E-state index is 5.45. The maximum Gasteiger partial charge on any atom is 0.0827 e. The fraction of sp³-hybridized carbons (Fsp3) is 0.727. The quantitative estimate of drug-likeness (QED) is 0.804. The van der Waals surface area contributed by atoms with Crippen molar-refractivity contribution in [3.63, 3.8) is 0 Å². The lowest BCUT2D eigenvalue weighted by Gasteiger charge is -2.24. The van der Waals surface area contributed by atoms with Gasteiger partial charge in [-0.2, -0.15) is 5.10 Å². The molecule has 0 aliphatic carbocycles. The Kier molecular flexibility index (Phi) is 2.95. The van der Waals surface area contributed by atoms with Gasteiger partial charge in [-0.15, -0.1) is 0 Å². The van der Waals surface area contributed by atoms with Crippen LogP contribution < -0.4 is 5.32 Å². The highest BCUT2D eigenvalue weighted by Crippen LogP contribution is 2.21. The molecule has 1 atom stereocenters. The molecule has 0 saturated carbocycles. The van der Waals surface area contributed by atoms with Crippen molar-refractivity contribution in [3.05, 3.63) is 11.4 Å². The Labute approximate surface area is 90.6 Å². The molecule has 15 heavy (non-hydrogen) atoms. The van der Waals surface area contributed by atoms with Gasteiger partial charge in [0.1, 0.15) is 0 Å². The first-order valence-corrected chi connectivity index (χ1v) is 5.53. The van der Waals surface area contributed by atoms with Crippen LogP contribution >= 0.6 is 0 Å². The van der Waals surface area contributed by atoms with E-state index in [4.69, 9.17) is 4.74 Å². The molecule has 2 heterocycles. The van der Waals surface area contributed by atoms with Crippen LogP contribution in [-0.4, -0.2) is 29.0 Å². The third-order valence-corrected chi connectivity index (χ3v) is 3.02. The fourth-order valence-corrected chi connectivity index (χ4v) is 2.04. The van der Waals surface area contributed by atoms with E-state index in [1.165, 1.54) is 17.8 Å². The standard InChI is InChI=1S/C11H19N3O/c1-8-11(9(2)14(3)13-8)12-10-5-4-6-15-7-10/h10,12H,4-7H2,1-3H3. The van der Waals surface area contributed by atoms with Crippen LogP contribution in [0.25, 0.3) is 0 Å². The predicted octanol–water partition coefficient (Wildman–Crippen LogP) is 1.63. The highest BCUT2D eigenvalue weighted by atomic mass is 16.5. The molecule has 1 unspecified atom stereocenters. The van der Waals surface area contributed by atoms with E-state index >= 15 is 0 Å². The molecule has 1 aliphatic heterocycles. The number of aromatic nitrogens is 2. The van der Waals surface area contributed by atoms with Crippen LogP contribution in [0.3, 0.4) is 0 Å². The van der Waals surface area contributed by atoms with E-state index in [9.17, 15) is 0 Å². The first-order chi connectivity index (χ1) is 7.18. The molecule has 0 amide bonds. The van der Waals surface area contributed by atoms with E-state index in [-0.39, 0.29) is 0 Å². The Bertz CT molecular complexity index is 340. The molecule has 0 spiro atoms. The number of hydrogen-bond donors (Lipinski definition) is 1. The number of anilines is 1. The third-order valence-electron chi connectivity index (χ3n) is 3.02. The van der Waals surface area contributed by atoms with Gasteiger partial charge >= 0.3 is 0 Å². The summed E-state index contributed by atoms with van der Waals surface area (Å²) in [5.74, 6) is 0. The topological polar surface area (TPSA) is 39.1 Å². The van der Waals surface area contributed by atoms with Gasteiger partial charge in [0, 0.05) is 19.7 Å². The van der Waals surface area contributed by atoms with Crippen LogP contribution in [0.4, 0.5) is 5.69 Å². The zero-order valence-corrected chi connectivity index (χ0v) is 9.71. The minimum Gasteiger partial charge on any atom is -0.379 e. The maximum atomic E-state index is 5.45. The summed E-state index contributed by atoms with van der Waals surface area (Å²) in [6, 6.07) is 0.445. The minimum absolute atomic E-state index is 0.445. The zero-order chi connectivity index (χ0) is 10.8. The summed E-state index contributed by atoms with van der Waals surface area (Å²) < 4.78 is 7.37. The van der Waals surface area contributed by atoms with Crippen molar-refractivity contribution in [1.29, 1.82) is 0 Å². The second kappa shape index (κ2) is 4.23. The van der Waals surface area contributed by atoms with E-state index in [0.717, 1.165) is 25.3 Å². The second-order valence-electron chi connectivity index (χ2n) is 4.23. The summed E-state index contributed by atoms with van der Waals surface area (Å²) >= 11 is 0. The summed E-state index contributed by atoms with van der Waals surface area (Å²) in [6.07, 6.45) is 2.34. The Morgan fingerprint density at radius 2 is 2.27 bits per heavy atom. The molecular formula is C11H19N3O. The molecule has 1 aromatic rings. The van der Waals surface area contributed by atoms with Crippen molar-refractivity contribution in [2.45, 2.75) is 32.7 Å². The number of aryl methyl sites for hydroxylation is 2. The zero-order valence-electron chi connectivity index (χ0n) is 9.71. The Balaban J connectivity index is 2.09. The van der Waals surface area contributed by atoms with Gasteiger partial charge in [-0.05, 0) is 26.7 Å². The largest absolute Gasteiger partial charge is 0.379 e. The molecule has 0 radical (unpaired) electrons. The lowest BCUT2D eigenvalue weighted by atomic mass is 10.1. The normalized spacial score (nSPS) is 21.7. The molecule has 1 aliphatic rings. The summed E-state index contributed by atoms with van der Waals surface area (Å²) in [5, 5.41) is 7.92. The van der Waals surface area contributed by atoms with Crippen molar-refractivity contribution >= 4 is 5.69 Å². The van der Waals surface area contributed by atoms with E-state index in [1.54, 1.807) is 0 Å². The number of nitrogens with zero attached hydrogens (tertiary/aromatic N) is 2. The average molecular weight is 209 g/mol. The van der Waals surface area contributed by atoms with Gasteiger partial charge in [-0.1, -0.05) is 0 Å². The summed E-state index contributed by atoms with van der Waals surface area (Å²) in [5.41, 5.74) is 3.44. The van der Waals surface area contributed by atoms with Gasteiger partial charge in [-0.3, -0.25) is 4.68 Å². The predicted molar refractivity (Wildman–Crippen MR) is 60.1 cm³/mol. The minimum atomic E-state index is 0.445. The van der Waals surface area contributed by atoms with Crippen molar-refractivity contribution in [3.8, 4) is 0 Å². The highest BCUT2D eigenvalue weighted by molar-refractivity contribution is 5.52. The summed E-state index contributed by atoms with van der Waals surface area (Å²) in [6.45, 7) is 5.85. The van der Waals surface area contributed by atoms with Crippen LogP contribution in [0.2, 0.25) is 0 Å². The van der Waals surface area contributed by atoms with Gasteiger partial charge in [0.05, 0.1) is 23.7 Å². The van der Waals surface area contributed by atoms with Gasteiger partial charge in [-0.25, -0.2) is 0 Å². The number of ether oxygens (including phenoxy) is 1. The van der Waals surface area contributed by atoms with E-state index < -0.39 is 0 Å². The Morgan fingerprint density at radius 1 is 1.47 bits per heavy atom. The van der Waals surface area contributed by atoms with Gasteiger partial charge in [0.2, 0.25) is 0 Å². The molecule has 2 rings (SSSR count). The van der Waals surface area contributed by atoms with Gasteiger partial charge in [0.15, 0.2) is 0 Å². The first-order valence-electron chi connectivity index (χ1n) is 5.53. The lowest BCUT2D eigenvalue weighted by molar-refractivity contribution is 0.0876. The molecule has 1 fully saturated rings. The molecular weight excluding hydrogens is 190 g/mol. The Hall–Kier alpha value is -1.03. The van der Waals surface area contributed by atoms with Crippen LogP contribution in [0, 0.1) is 13.8 Å². The van der Waals surface area contributed by atoms with Crippen molar-refractivity contribution < 1.29 is 4.74 Å². The van der Waals surface area contributed by atoms with Gasteiger partial charge < -0.3 is 10.1 Å². The highest BCUT2D eigenvalue weighted by Gasteiger charge is 2.17. The van der Waals surface area contributed by atoms with Crippen LogP contribution in [0.1, 0.15) is 24.2 Å². The Morgan fingerprint density at radius 3 is 2.80 bits per heavy atom. The van der Waals surface area contributed by atoms with E-state index in [0.29, 0.717) is 6.04 Å². The molecule has 4 heteroatoms. The molecule has 1 N–H and O–H groups in total. The monoisotopic (exact) mass is 209 g/mol. The smallest absolute Gasteiger partial charge is 0.0827 e. The molecule has 84 valence electrons. The lowest BCUT2D eigenvalue weighted by Crippen LogP contribution is -2.30. The van der Waals surface area contributed by atoms with Crippen LogP contribution in [0.5, 0.6) is 0 Å². The first kappa shape index (κ1) is 10.5. The average Bonchev–Trinajstić information content (AvgIpc) is 2.47. The summed E-state index contributed by atoms with van der Waals surface area (Å²) in [7, 11) is 1.98. The van der Waals surface area contributed by atoms with Crippen molar-refractivity contribution in [1.82, 2.24) is 9.78 Å². The van der Waals surface area contributed by atoms with Crippen LogP contribution in [0.15, 0.2) is 0 Å². The second-order valence-corrected chi connectivity index (χ2v) is 4.23. The fourth-order valence-electron chi connectivity index (χ4n) is 2.04. The van der Waals surface area contributed by atoms with Crippen molar-refractivity contribution in [2.75, 3.05) is 18.5 Å². The SMILES string of the molecule is Cc1nn(C)c(C)c1NC1CCCOC1. The molecule has 4 nitrogen and oxygen atoms in total. The van der Waals surface area contributed by atoms with Crippen molar-refractivity contribution in [2.24, 2.45) is 7.05 Å². The molecule has 1 saturated heterocycles. The third kappa shape index (κ3) is 2.15.